The van der Waals surface area contributed by atoms with Crippen LogP contribution in [0.4, 0.5) is 5.69 Å². The lowest BCUT2D eigenvalue weighted by molar-refractivity contribution is -0.131. The first-order chi connectivity index (χ1) is 9.65. The standard InChI is InChI=1S/C16H25N3O/c1-18(13-16(20)19-11-2-3-12-19)10-4-5-14-6-8-15(17)9-7-14/h6-9H,2-5,10-13,17H2,1H3. The zero-order chi connectivity index (χ0) is 14.4. The van der Waals surface area contributed by atoms with Crippen molar-refractivity contribution in [1.82, 2.24) is 9.80 Å². The molecule has 1 heterocycles. The van der Waals surface area contributed by atoms with Crippen LogP contribution in [-0.4, -0.2) is 48.9 Å². The second-order valence-electron chi connectivity index (χ2n) is 5.67. The summed E-state index contributed by atoms with van der Waals surface area (Å²) in [5, 5.41) is 0. The zero-order valence-corrected chi connectivity index (χ0v) is 12.3. The average molecular weight is 275 g/mol. The molecule has 4 nitrogen and oxygen atoms in total. The second kappa shape index (κ2) is 7.29. The van der Waals surface area contributed by atoms with E-state index in [1.165, 1.54) is 5.56 Å². The summed E-state index contributed by atoms with van der Waals surface area (Å²) in [6.07, 6.45) is 4.41. The molecule has 0 spiro atoms. The molecule has 0 bridgehead atoms. The summed E-state index contributed by atoms with van der Waals surface area (Å²) in [7, 11) is 2.02. The summed E-state index contributed by atoms with van der Waals surface area (Å²) in [6, 6.07) is 8.03. The van der Waals surface area contributed by atoms with E-state index in [1.54, 1.807) is 0 Å². The van der Waals surface area contributed by atoms with E-state index in [9.17, 15) is 4.79 Å². The molecule has 1 aromatic rings. The van der Waals surface area contributed by atoms with Crippen LogP contribution in [0.2, 0.25) is 0 Å². The van der Waals surface area contributed by atoms with Gasteiger partial charge in [0.2, 0.25) is 5.91 Å². The van der Waals surface area contributed by atoms with Crippen molar-refractivity contribution in [2.75, 3.05) is 39.0 Å². The Kier molecular flexibility index (Phi) is 5.41. The van der Waals surface area contributed by atoms with Crippen LogP contribution in [0.5, 0.6) is 0 Å². The van der Waals surface area contributed by atoms with Gasteiger partial charge < -0.3 is 10.6 Å². The van der Waals surface area contributed by atoms with Crippen LogP contribution >= 0.6 is 0 Å². The van der Waals surface area contributed by atoms with Crippen molar-refractivity contribution in [3.05, 3.63) is 29.8 Å². The predicted molar refractivity (Wildman–Crippen MR) is 82.5 cm³/mol. The number of hydrogen-bond acceptors (Lipinski definition) is 3. The third-order valence-electron chi connectivity index (χ3n) is 3.85. The van der Waals surface area contributed by atoms with Gasteiger partial charge in [-0.2, -0.15) is 0 Å². The SMILES string of the molecule is CN(CCCc1ccc(N)cc1)CC(=O)N1CCCC1. The number of rotatable bonds is 6. The highest BCUT2D eigenvalue weighted by atomic mass is 16.2. The van der Waals surface area contributed by atoms with E-state index in [-0.39, 0.29) is 5.91 Å². The molecule has 0 radical (unpaired) electrons. The number of nitrogen functional groups attached to an aromatic ring is 1. The number of anilines is 1. The van der Waals surface area contributed by atoms with Crippen LogP contribution < -0.4 is 5.73 Å². The normalized spacial score (nSPS) is 15.0. The molecule has 1 aromatic carbocycles. The van der Waals surface area contributed by atoms with Crippen molar-refractivity contribution in [2.24, 2.45) is 0 Å². The number of likely N-dealkylation sites (tertiary alicyclic amines) is 1. The lowest BCUT2D eigenvalue weighted by Crippen LogP contribution is -2.37. The number of carbonyl (C=O) groups excluding carboxylic acids is 1. The molecule has 110 valence electrons. The van der Waals surface area contributed by atoms with Gasteiger partial charge in [0.15, 0.2) is 0 Å². The molecule has 0 atom stereocenters. The van der Waals surface area contributed by atoms with Crippen LogP contribution in [0.3, 0.4) is 0 Å². The number of carbonyl (C=O) groups is 1. The van der Waals surface area contributed by atoms with Gasteiger partial charge in [0.1, 0.15) is 0 Å². The molecule has 0 saturated carbocycles. The molecule has 1 saturated heterocycles. The second-order valence-corrected chi connectivity index (χ2v) is 5.67. The van der Waals surface area contributed by atoms with Crippen molar-refractivity contribution in [3.8, 4) is 0 Å². The van der Waals surface area contributed by atoms with Crippen LogP contribution in [0.25, 0.3) is 0 Å². The molecule has 1 aliphatic rings. The largest absolute Gasteiger partial charge is 0.399 e. The first-order valence-electron chi connectivity index (χ1n) is 7.46. The Morgan fingerprint density at radius 1 is 1.25 bits per heavy atom. The highest BCUT2D eigenvalue weighted by Crippen LogP contribution is 2.09. The summed E-state index contributed by atoms with van der Waals surface area (Å²) in [6.45, 7) is 3.38. The Labute approximate surface area is 121 Å². The molecule has 20 heavy (non-hydrogen) atoms. The number of aryl methyl sites for hydroxylation is 1. The average Bonchev–Trinajstić information content (AvgIpc) is 2.95. The van der Waals surface area contributed by atoms with Gasteiger partial charge in [-0.05, 0) is 57.0 Å². The Morgan fingerprint density at radius 3 is 2.55 bits per heavy atom. The number of hydrogen-bond donors (Lipinski definition) is 1. The summed E-state index contributed by atoms with van der Waals surface area (Å²) in [4.78, 5) is 16.1. The molecule has 0 unspecified atom stereocenters. The first-order valence-corrected chi connectivity index (χ1v) is 7.46. The quantitative estimate of drug-likeness (QED) is 0.805. The Morgan fingerprint density at radius 2 is 1.90 bits per heavy atom. The summed E-state index contributed by atoms with van der Waals surface area (Å²) < 4.78 is 0. The molecule has 1 amide bonds. The van der Waals surface area contributed by atoms with Gasteiger partial charge in [-0.3, -0.25) is 9.69 Å². The zero-order valence-electron chi connectivity index (χ0n) is 12.3. The van der Waals surface area contributed by atoms with Crippen molar-refractivity contribution >= 4 is 11.6 Å². The van der Waals surface area contributed by atoms with Gasteiger partial charge in [-0.15, -0.1) is 0 Å². The smallest absolute Gasteiger partial charge is 0.236 e. The minimum Gasteiger partial charge on any atom is -0.399 e. The topological polar surface area (TPSA) is 49.6 Å². The minimum absolute atomic E-state index is 0.275. The maximum absolute atomic E-state index is 12.0. The highest BCUT2D eigenvalue weighted by Gasteiger charge is 2.18. The molecule has 4 heteroatoms. The van der Waals surface area contributed by atoms with E-state index in [1.807, 2.05) is 24.1 Å². The summed E-state index contributed by atoms with van der Waals surface area (Å²) >= 11 is 0. The highest BCUT2D eigenvalue weighted by molar-refractivity contribution is 5.78. The first kappa shape index (κ1) is 14.9. The van der Waals surface area contributed by atoms with Crippen molar-refractivity contribution in [1.29, 1.82) is 0 Å². The molecule has 1 fully saturated rings. The minimum atomic E-state index is 0.275. The molecular weight excluding hydrogens is 250 g/mol. The van der Waals surface area contributed by atoms with E-state index in [0.717, 1.165) is 51.0 Å². The number of benzene rings is 1. The Hall–Kier alpha value is -1.55. The van der Waals surface area contributed by atoms with Gasteiger partial charge in [-0.1, -0.05) is 12.1 Å². The number of nitrogens with zero attached hydrogens (tertiary/aromatic N) is 2. The Balaban J connectivity index is 1.65. The van der Waals surface area contributed by atoms with Crippen LogP contribution in [0.1, 0.15) is 24.8 Å². The van der Waals surface area contributed by atoms with Crippen molar-refractivity contribution in [3.63, 3.8) is 0 Å². The van der Waals surface area contributed by atoms with Crippen LogP contribution in [0, 0.1) is 0 Å². The fourth-order valence-electron chi connectivity index (χ4n) is 2.61. The third kappa shape index (κ3) is 4.53. The van der Waals surface area contributed by atoms with E-state index in [2.05, 4.69) is 17.0 Å². The van der Waals surface area contributed by atoms with Gasteiger partial charge in [-0.25, -0.2) is 0 Å². The number of amides is 1. The monoisotopic (exact) mass is 275 g/mol. The molecule has 2 N–H and O–H groups in total. The van der Waals surface area contributed by atoms with E-state index in [4.69, 9.17) is 5.73 Å². The lowest BCUT2D eigenvalue weighted by Gasteiger charge is -2.21. The lowest BCUT2D eigenvalue weighted by atomic mass is 10.1. The van der Waals surface area contributed by atoms with E-state index in [0.29, 0.717) is 6.54 Å². The Bertz CT molecular complexity index is 424. The van der Waals surface area contributed by atoms with Crippen LogP contribution in [-0.2, 0) is 11.2 Å². The fourth-order valence-corrected chi connectivity index (χ4v) is 2.61. The van der Waals surface area contributed by atoms with Gasteiger partial charge in [0.25, 0.3) is 0 Å². The van der Waals surface area contributed by atoms with Crippen molar-refractivity contribution < 1.29 is 4.79 Å². The van der Waals surface area contributed by atoms with Crippen LogP contribution in [0.15, 0.2) is 24.3 Å². The van der Waals surface area contributed by atoms with Crippen molar-refractivity contribution in [2.45, 2.75) is 25.7 Å². The summed E-state index contributed by atoms with van der Waals surface area (Å²) in [5.74, 6) is 0.275. The number of likely N-dealkylation sites (N-methyl/N-ethyl adjacent to an activating group) is 1. The molecule has 1 aliphatic heterocycles. The summed E-state index contributed by atoms with van der Waals surface area (Å²) in [5.41, 5.74) is 7.78. The molecule has 0 aromatic heterocycles. The fraction of sp³-hybridized carbons (Fsp3) is 0.562. The molecular formula is C16H25N3O. The molecule has 2 rings (SSSR count). The predicted octanol–water partition coefficient (Wildman–Crippen LogP) is 1.76. The van der Waals surface area contributed by atoms with E-state index < -0.39 is 0 Å². The maximum Gasteiger partial charge on any atom is 0.236 e. The third-order valence-corrected chi connectivity index (χ3v) is 3.85. The van der Waals surface area contributed by atoms with Gasteiger partial charge in [0.05, 0.1) is 6.54 Å². The van der Waals surface area contributed by atoms with E-state index >= 15 is 0 Å². The maximum atomic E-state index is 12.0. The van der Waals surface area contributed by atoms with Gasteiger partial charge in [0, 0.05) is 18.8 Å². The molecule has 0 aliphatic carbocycles. The van der Waals surface area contributed by atoms with Gasteiger partial charge >= 0.3 is 0 Å². The number of nitrogens with two attached hydrogens (primary N) is 1.